The first-order valence-electron chi connectivity index (χ1n) is 6.62. The smallest absolute Gasteiger partial charge is 0.262 e. The van der Waals surface area contributed by atoms with E-state index in [1.165, 1.54) is 16.7 Å². The molecule has 3 N–H and O–H groups in total. The monoisotopic (exact) mass is 298 g/mol. The van der Waals surface area contributed by atoms with Gasteiger partial charge in [-0.25, -0.2) is 9.37 Å². The highest BCUT2D eigenvalue weighted by Crippen LogP contribution is 2.34. The highest BCUT2D eigenvalue weighted by Gasteiger charge is 2.18. The Labute approximate surface area is 124 Å². The van der Waals surface area contributed by atoms with E-state index < -0.39 is 5.82 Å². The third-order valence-electron chi connectivity index (χ3n) is 3.51. The van der Waals surface area contributed by atoms with E-state index in [0.717, 1.165) is 0 Å². The largest absolute Gasteiger partial charge is 0.482 e. The molecule has 0 unspecified atom stereocenters. The van der Waals surface area contributed by atoms with Gasteiger partial charge in [-0.2, -0.15) is 0 Å². The van der Waals surface area contributed by atoms with E-state index in [0.29, 0.717) is 34.2 Å². The standard InChI is InChI=1S/C15H11FN4O2/c16-9-2-4-12-19-14(15(17)20(12)6-9)8-1-3-11-10(5-8)18-13(21)7-22-11/h1-6H,7,17H2,(H,18,21). The Morgan fingerprint density at radius 2 is 2.18 bits per heavy atom. The number of pyridine rings is 1. The molecule has 0 spiro atoms. The van der Waals surface area contributed by atoms with Crippen molar-refractivity contribution in [1.82, 2.24) is 9.38 Å². The van der Waals surface area contributed by atoms with Crippen molar-refractivity contribution >= 4 is 23.1 Å². The molecule has 0 fully saturated rings. The van der Waals surface area contributed by atoms with Crippen LogP contribution in [0.25, 0.3) is 16.9 Å². The van der Waals surface area contributed by atoms with Gasteiger partial charge < -0.3 is 15.8 Å². The van der Waals surface area contributed by atoms with Crippen molar-refractivity contribution in [3.05, 3.63) is 42.3 Å². The first-order valence-corrected chi connectivity index (χ1v) is 6.62. The number of imidazole rings is 1. The van der Waals surface area contributed by atoms with Crippen molar-refractivity contribution in [2.75, 3.05) is 17.7 Å². The van der Waals surface area contributed by atoms with Crippen molar-refractivity contribution in [3.63, 3.8) is 0 Å². The van der Waals surface area contributed by atoms with E-state index in [-0.39, 0.29) is 12.5 Å². The van der Waals surface area contributed by atoms with E-state index in [1.54, 1.807) is 24.3 Å². The number of carbonyl (C=O) groups excluding carboxylic acids is 1. The summed E-state index contributed by atoms with van der Waals surface area (Å²) in [5.41, 5.74) is 8.41. The fourth-order valence-corrected chi connectivity index (χ4v) is 2.48. The average molecular weight is 298 g/mol. The van der Waals surface area contributed by atoms with Crippen LogP contribution in [0.5, 0.6) is 5.75 Å². The number of hydrogen-bond acceptors (Lipinski definition) is 4. The number of hydrogen-bond donors (Lipinski definition) is 2. The van der Waals surface area contributed by atoms with Gasteiger partial charge in [-0.3, -0.25) is 9.20 Å². The summed E-state index contributed by atoms with van der Waals surface area (Å²) >= 11 is 0. The van der Waals surface area contributed by atoms with Gasteiger partial charge >= 0.3 is 0 Å². The Morgan fingerprint density at radius 1 is 1.32 bits per heavy atom. The van der Waals surface area contributed by atoms with Gasteiger partial charge in [0.05, 0.1) is 5.69 Å². The molecule has 1 amide bonds. The second-order valence-electron chi connectivity index (χ2n) is 4.97. The summed E-state index contributed by atoms with van der Waals surface area (Å²) in [6, 6.07) is 8.16. The molecule has 7 heteroatoms. The third-order valence-corrected chi connectivity index (χ3v) is 3.51. The summed E-state index contributed by atoms with van der Waals surface area (Å²) in [4.78, 5) is 15.8. The number of nitrogen functional groups attached to an aromatic ring is 1. The maximum Gasteiger partial charge on any atom is 0.262 e. The number of nitrogens with zero attached hydrogens (tertiary/aromatic N) is 2. The van der Waals surface area contributed by atoms with Gasteiger partial charge in [-0.15, -0.1) is 0 Å². The molecular formula is C15H11FN4O2. The molecule has 1 aliphatic rings. The van der Waals surface area contributed by atoms with E-state index in [2.05, 4.69) is 10.3 Å². The number of halogens is 1. The Kier molecular flexibility index (Phi) is 2.56. The molecule has 1 aliphatic heterocycles. The normalized spacial score (nSPS) is 13.6. The fourth-order valence-electron chi connectivity index (χ4n) is 2.48. The van der Waals surface area contributed by atoms with Crippen molar-refractivity contribution in [2.45, 2.75) is 0 Å². The number of amides is 1. The zero-order valence-corrected chi connectivity index (χ0v) is 11.3. The first kappa shape index (κ1) is 12.6. The molecule has 0 radical (unpaired) electrons. The van der Waals surface area contributed by atoms with Crippen LogP contribution in [0.2, 0.25) is 0 Å². The predicted octanol–water partition coefficient (Wildman–Crippen LogP) is 2.05. The fraction of sp³-hybridized carbons (Fsp3) is 0.0667. The van der Waals surface area contributed by atoms with Gasteiger partial charge in [-0.05, 0) is 30.3 Å². The number of rotatable bonds is 1. The Bertz CT molecular complexity index is 919. The Morgan fingerprint density at radius 3 is 3.05 bits per heavy atom. The summed E-state index contributed by atoms with van der Waals surface area (Å²) in [6.45, 7) is 0.00211. The van der Waals surface area contributed by atoms with E-state index in [4.69, 9.17) is 10.5 Å². The summed E-state index contributed by atoms with van der Waals surface area (Å²) in [5.74, 6) is 0.318. The van der Waals surface area contributed by atoms with Crippen LogP contribution < -0.4 is 15.8 Å². The highest BCUT2D eigenvalue weighted by molar-refractivity contribution is 5.96. The third kappa shape index (κ3) is 1.86. The molecule has 3 aromatic rings. The number of aromatic nitrogens is 2. The Balaban J connectivity index is 1.87. The van der Waals surface area contributed by atoms with Gasteiger partial charge in [-0.1, -0.05) is 0 Å². The van der Waals surface area contributed by atoms with Crippen molar-refractivity contribution in [3.8, 4) is 17.0 Å². The average Bonchev–Trinajstić information content (AvgIpc) is 2.83. The molecule has 6 nitrogen and oxygen atoms in total. The number of ether oxygens (including phenoxy) is 1. The molecule has 0 aliphatic carbocycles. The molecule has 1 aromatic carbocycles. The van der Waals surface area contributed by atoms with Gasteiger partial charge in [0.1, 0.15) is 28.7 Å². The van der Waals surface area contributed by atoms with E-state index >= 15 is 0 Å². The quantitative estimate of drug-likeness (QED) is 0.720. The van der Waals surface area contributed by atoms with Gasteiger partial charge in [0.2, 0.25) is 0 Å². The SMILES string of the molecule is Nc1c(-c2ccc3c(c2)NC(=O)CO3)nc2ccc(F)cn12. The minimum absolute atomic E-state index is 0.00211. The van der Waals surface area contributed by atoms with Gasteiger partial charge in [0.15, 0.2) is 6.61 Å². The lowest BCUT2D eigenvalue weighted by atomic mass is 10.1. The van der Waals surface area contributed by atoms with Crippen LogP contribution in [-0.2, 0) is 4.79 Å². The van der Waals surface area contributed by atoms with Crippen LogP contribution in [0, 0.1) is 5.82 Å². The zero-order valence-electron chi connectivity index (χ0n) is 11.3. The van der Waals surface area contributed by atoms with Crippen LogP contribution in [0.1, 0.15) is 0 Å². The molecule has 0 atom stereocenters. The lowest BCUT2D eigenvalue weighted by Crippen LogP contribution is -2.25. The second-order valence-corrected chi connectivity index (χ2v) is 4.97. The minimum atomic E-state index is -0.394. The van der Waals surface area contributed by atoms with Crippen molar-refractivity contribution in [1.29, 1.82) is 0 Å². The van der Waals surface area contributed by atoms with Crippen LogP contribution >= 0.6 is 0 Å². The topological polar surface area (TPSA) is 81.6 Å². The number of anilines is 2. The predicted molar refractivity (Wildman–Crippen MR) is 79.1 cm³/mol. The van der Waals surface area contributed by atoms with Gasteiger partial charge in [0.25, 0.3) is 5.91 Å². The van der Waals surface area contributed by atoms with Crippen LogP contribution in [0.15, 0.2) is 36.5 Å². The number of carbonyl (C=O) groups is 1. The molecule has 22 heavy (non-hydrogen) atoms. The molecule has 3 heterocycles. The zero-order chi connectivity index (χ0) is 15.3. The molecule has 110 valence electrons. The first-order chi connectivity index (χ1) is 10.6. The maximum absolute atomic E-state index is 13.3. The molecule has 4 rings (SSSR count). The lowest BCUT2D eigenvalue weighted by molar-refractivity contribution is -0.118. The van der Waals surface area contributed by atoms with Crippen LogP contribution in [0.3, 0.4) is 0 Å². The summed E-state index contributed by atoms with van der Waals surface area (Å²) in [7, 11) is 0. The highest BCUT2D eigenvalue weighted by atomic mass is 19.1. The summed E-state index contributed by atoms with van der Waals surface area (Å²) in [5, 5.41) is 2.73. The van der Waals surface area contributed by atoms with Gasteiger partial charge in [0, 0.05) is 11.8 Å². The van der Waals surface area contributed by atoms with E-state index in [9.17, 15) is 9.18 Å². The van der Waals surface area contributed by atoms with Crippen molar-refractivity contribution < 1.29 is 13.9 Å². The number of benzene rings is 1. The Hall–Kier alpha value is -3.09. The molecule has 0 saturated carbocycles. The van der Waals surface area contributed by atoms with Crippen molar-refractivity contribution in [2.24, 2.45) is 0 Å². The number of nitrogens with two attached hydrogens (primary N) is 1. The summed E-state index contributed by atoms with van der Waals surface area (Å²) < 4.78 is 20.1. The number of fused-ring (bicyclic) bond motifs is 2. The minimum Gasteiger partial charge on any atom is -0.482 e. The molecule has 2 aromatic heterocycles. The molecule has 0 saturated heterocycles. The molecule has 0 bridgehead atoms. The number of nitrogens with one attached hydrogen (secondary N) is 1. The molecular weight excluding hydrogens is 287 g/mol. The maximum atomic E-state index is 13.3. The van der Waals surface area contributed by atoms with Crippen LogP contribution in [-0.4, -0.2) is 21.9 Å². The second kappa shape index (κ2) is 4.45. The summed E-state index contributed by atoms with van der Waals surface area (Å²) in [6.07, 6.45) is 1.28. The lowest BCUT2D eigenvalue weighted by Gasteiger charge is -2.18. The van der Waals surface area contributed by atoms with E-state index in [1.807, 2.05) is 0 Å². The van der Waals surface area contributed by atoms with Crippen LogP contribution in [0.4, 0.5) is 15.9 Å².